The fourth-order valence-electron chi connectivity index (χ4n) is 1.12. The standard InChI is InChI=1S/C9H6F6O/c10-7-5(8(11,12)4-16)2-1-3-6(7)9(13,14)15/h1-3,16H,4H2. The van der Waals surface area contributed by atoms with Gasteiger partial charge in [0, 0.05) is 0 Å². The van der Waals surface area contributed by atoms with Gasteiger partial charge in [0.1, 0.15) is 12.4 Å². The lowest BCUT2D eigenvalue weighted by Crippen LogP contribution is -2.22. The Hall–Kier alpha value is -1.24. The van der Waals surface area contributed by atoms with Crippen LogP contribution >= 0.6 is 0 Å². The lowest BCUT2D eigenvalue weighted by molar-refractivity contribution is -0.140. The van der Waals surface area contributed by atoms with Gasteiger partial charge in [-0.2, -0.15) is 22.0 Å². The predicted molar refractivity (Wildman–Crippen MR) is 42.4 cm³/mol. The SMILES string of the molecule is OCC(F)(F)c1cccc(C(F)(F)F)c1F. The fraction of sp³-hybridized carbons (Fsp3) is 0.333. The summed E-state index contributed by atoms with van der Waals surface area (Å²) in [6, 6.07) is 1.51. The Morgan fingerprint density at radius 3 is 1.94 bits per heavy atom. The molecule has 0 radical (unpaired) electrons. The van der Waals surface area contributed by atoms with E-state index in [9.17, 15) is 26.3 Å². The van der Waals surface area contributed by atoms with Crippen molar-refractivity contribution < 1.29 is 31.4 Å². The summed E-state index contributed by atoms with van der Waals surface area (Å²) in [5, 5.41) is 8.27. The van der Waals surface area contributed by atoms with Crippen LogP contribution in [0.5, 0.6) is 0 Å². The monoisotopic (exact) mass is 244 g/mol. The molecule has 1 nitrogen and oxygen atoms in total. The Balaban J connectivity index is 3.36. The summed E-state index contributed by atoms with van der Waals surface area (Å²) in [5.74, 6) is -6.10. The van der Waals surface area contributed by atoms with E-state index < -0.39 is 35.6 Å². The van der Waals surface area contributed by atoms with Gasteiger partial charge in [-0.25, -0.2) is 4.39 Å². The fourth-order valence-corrected chi connectivity index (χ4v) is 1.12. The molecule has 0 heterocycles. The van der Waals surface area contributed by atoms with Gasteiger partial charge >= 0.3 is 6.18 Å². The van der Waals surface area contributed by atoms with E-state index in [0.29, 0.717) is 18.2 Å². The molecule has 0 amide bonds. The van der Waals surface area contributed by atoms with E-state index in [-0.39, 0.29) is 0 Å². The quantitative estimate of drug-likeness (QED) is 0.793. The van der Waals surface area contributed by atoms with Gasteiger partial charge < -0.3 is 5.11 Å². The average Bonchev–Trinajstić information content (AvgIpc) is 2.16. The van der Waals surface area contributed by atoms with Crippen molar-refractivity contribution >= 4 is 0 Å². The van der Waals surface area contributed by atoms with Gasteiger partial charge in [-0.15, -0.1) is 0 Å². The Labute approximate surface area is 86.3 Å². The zero-order chi connectivity index (χ0) is 12.6. The first-order valence-corrected chi connectivity index (χ1v) is 4.05. The van der Waals surface area contributed by atoms with Crippen molar-refractivity contribution in [1.29, 1.82) is 0 Å². The molecule has 0 fully saturated rings. The highest BCUT2D eigenvalue weighted by Gasteiger charge is 2.40. The molecule has 0 aliphatic carbocycles. The van der Waals surface area contributed by atoms with E-state index >= 15 is 0 Å². The third-order valence-electron chi connectivity index (χ3n) is 1.90. The normalized spacial score (nSPS) is 12.9. The second-order valence-corrected chi connectivity index (χ2v) is 3.03. The van der Waals surface area contributed by atoms with Gasteiger partial charge in [-0.1, -0.05) is 6.07 Å². The van der Waals surface area contributed by atoms with Crippen LogP contribution in [0.25, 0.3) is 0 Å². The van der Waals surface area contributed by atoms with Gasteiger partial charge in [-0.05, 0) is 12.1 Å². The Morgan fingerprint density at radius 2 is 1.50 bits per heavy atom. The summed E-state index contributed by atoms with van der Waals surface area (Å²) < 4.78 is 75.4. The summed E-state index contributed by atoms with van der Waals surface area (Å²) in [4.78, 5) is 0. The van der Waals surface area contributed by atoms with Crippen molar-refractivity contribution in [2.45, 2.75) is 12.1 Å². The van der Waals surface area contributed by atoms with Gasteiger partial charge in [0.25, 0.3) is 5.92 Å². The van der Waals surface area contributed by atoms with Gasteiger partial charge in [0.15, 0.2) is 0 Å². The predicted octanol–water partition coefficient (Wildman–Crippen LogP) is 2.93. The molecule has 0 aliphatic heterocycles. The number of hydrogen-bond acceptors (Lipinski definition) is 1. The molecule has 0 bridgehead atoms. The molecule has 1 aromatic carbocycles. The second-order valence-electron chi connectivity index (χ2n) is 3.03. The van der Waals surface area contributed by atoms with Crippen LogP contribution in [0, 0.1) is 5.82 Å². The number of aliphatic hydroxyl groups is 1. The molecule has 0 aliphatic rings. The van der Waals surface area contributed by atoms with Crippen LogP contribution in [0.2, 0.25) is 0 Å². The highest BCUT2D eigenvalue weighted by atomic mass is 19.4. The maximum absolute atomic E-state index is 13.1. The molecule has 1 rings (SSSR count). The summed E-state index contributed by atoms with van der Waals surface area (Å²) in [6.07, 6.45) is -5.05. The van der Waals surface area contributed by atoms with Crippen molar-refractivity contribution in [3.8, 4) is 0 Å². The van der Waals surface area contributed by atoms with Crippen molar-refractivity contribution in [3.05, 3.63) is 35.1 Å². The molecule has 0 spiro atoms. The van der Waals surface area contributed by atoms with E-state index in [1.54, 1.807) is 0 Å². The summed E-state index contributed by atoms with van der Waals surface area (Å²) >= 11 is 0. The lowest BCUT2D eigenvalue weighted by Gasteiger charge is -2.17. The molecule has 0 saturated carbocycles. The van der Waals surface area contributed by atoms with Crippen LogP contribution in [-0.2, 0) is 12.1 Å². The molecular formula is C9H6F6O. The van der Waals surface area contributed by atoms with Gasteiger partial charge in [0.2, 0.25) is 0 Å². The molecule has 0 saturated heterocycles. The van der Waals surface area contributed by atoms with Crippen LogP contribution in [-0.4, -0.2) is 11.7 Å². The Kier molecular flexibility index (Phi) is 3.18. The number of alkyl halides is 5. The Bertz CT molecular complexity index is 384. The van der Waals surface area contributed by atoms with Crippen molar-refractivity contribution in [1.82, 2.24) is 0 Å². The zero-order valence-electron chi connectivity index (χ0n) is 7.65. The molecule has 0 aromatic heterocycles. The number of hydrogen-bond donors (Lipinski definition) is 1. The van der Waals surface area contributed by atoms with Gasteiger partial charge in [-0.3, -0.25) is 0 Å². The molecule has 0 unspecified atom stereocenters. The second kappa shape index (κ2) is 3.97. The number of aliphatic hydroxyl groups excluding tert-OH is 1. The lowest BCUT2D eigenvalue weighted by atomic mass is 10.0. The minimum Gasteiger partial charge on any atom is -0.390 e. The van der Waals surface area contributed by atoms with Crippen molar-refractivity contribution in [3.63, 3.8) is 0 Å². The highest BCUT2D eigenvalue weighted by Crippen LogP contribution is 2.37. The maximum Gasteiger partial charge on any atom is 0.419 e. The largest absolute Gasteiger partial charge is 0.419 e. The van der Waals surface area contributed by atoms with Crippen LogP contribution < -0.4 is 0 Å². The van der Waals surface area contributed by atoms with E-state index in [1.165, 1.54) is 0 Å². The van der Waals surface area contributed by atoms with Crippen LogP contribution in [0.15, 0.2) is 18.2 Å². The van der Waals surface area contributed by atoms with Crippen LogP contribution in [0.1, 0.15) is 11.1 Å². The zero-order valence-corrected chi connectivity index (χ0v) is 7.65. The smallest absolute Gasteiger partial charge is 0.390 e. The first-order chi connectivity index (χ1) is 7.20. The molecule has 0 atom stereocenters. The molecule has 1 aromatic rings. The van der Waals surface area contributed by atoms with E-state index in [2.05, 4.69) is 0 Å². The maximum atomic E-state index is 13.1. The van der Waals surface area contributed by atoms with E-state index in [0.717, 1.165) is 0 Å². The first-order valence-electron chi connectivity index (χ1n) is 4.05. The van der Waals surface area contributed by atoms with Crippen LogP contribution in [0.3, 0.4) is 0 Å². The summed E-state index contributed by atoms with van der Waals surface area (Å²) in [5.41, 5.74) is -3.25. The van der Waals surface area contributed by atoms with Crippen molar-refractivity contribution in [2.75, 3.05) is 6.61 Å². The minimum absolute atomic E-state index is 0.353. The number of benzene rings is 1. The summed E-state index contributed by atoms with van der Waals surface area (Å²) in [7, 11) is 0. The third-order valence-corrected chi connectivity index (χ3v) is 1.90. The molecular weight excluding hydrogens is 238 g/mol. The third kappa shape index (κ3) is 2.29. The van der Waals surface area contributed by atoms with Gasteiger partial charge in [0.05, 0.1) is 11.1 Å². The van der Waals surface area contributed by atoms with E-state index in [1.807, 2.05) is 0 Å². The first kappa shape index (κ1) is 12.8. The van der Waals surface area contributed by atoms with E-state index in [4.69, 9.17) is 5.11 Å². The highest BCUT2D eigenvalue weighted by molar-refractivity contribution is 5.31. The van der Waals surface area contributed by atoms with Crippen LogP contribution in [0.4, 0.5) is 26.3 Å². The number of rotatable bonds is 2. The van der Waals surface area contributed by atoms with Crippen molar-refractivity contribution in [2.24, 2.45) is 0 Å². The average molecular weight is 244 g/mol. The molecule has 1 N–H and O–H groups in total. The summed E-state index contributed by atoms with van der Waals surface area (Å²) in [6.45, 7) is -1.76. The Morgan fingerprint density at radius 1 is 1.00 bits per heavy atom. The molecule has 7 heteroatoms. The minimum atomic E-state index is -5.05. The topological polar surface area (TPSA) is 20.2 Å². The number of halogens is 6. The molecule has 16 heavy (non-hydrogen) atoms. The molecule has 90 valence electrons.